The van der Waals surface area contributed by atoms with Crippen molar-refractivity contribution in [2.75, 3.05) is 31.8 Å². The maximum atomic E-state index is 5.66. The highest BCUT2D eigenvalue weighted by Crippen LogP contribution is 2.37. The number of methoxy groups -OCH3 is 1. The lowest BCUT2D eigenvalue weighted by Gasteiger charge is -2.27. The van der Waals surface area contributed by atoms with Gasteiger partial charge < -0.3 is 19.4 Å². The fourth-order valence-corrected chi connectivity index (χ4v) is 3.56. The molecular formula is C20H23N3O2. The Morgan fingerprint density at radius 1 is 1.16 bits per heavy atom. The Balaban J connectivity index is 1.52. The van der Waals surface area contributed by atoms with Crippen LogP contribution in [0, 0.1) is 0 Å². The summed E-state index contributed by atoms with van der Waals surface area (Å²) in [6.45, 7) is 2.26. The van der Waals surface area contributed by atoms with Gasteiger partial charge >= 0.3 is 0 Å². The number of ether oxygens (including phenoxy) is 2. The molecule has 1 fully saturated rings. The molecule has 4 rings (SSSR count). The summed E-state index contributed by atoms with van der Waals surface area (Å²) >= 11 is 0. The van der Waals surface area contributed by atoms with Crippen LogP contribution in [0.5, 0.6) is 5.75 Å². The largest absolute Gasteiger partial charge is 0.491 e. The monoisotopic (exact) mass is 337 g/mol. The van der Waals surface area contributed by atoms with Crippen LogP contribution in [0.3, 0.4) is 0 Å². The summed E-state index contributed by atoms with van der Waals surface area (Å²) in [4.78, 5) is 10.0. The van der Waals surface area contributed by atoms with Gasteiger partial charge in [-0.25, -0.2) is 4.98 Å². The Morgan fingerprint density at radius 2 is 2.04 bits per heavy atom. The summed E-state index contributed by atoms with van der Waals surface area (Å²) in [6.07, 6.45) is 4.13. The molecule has 25 heavy (non-hydrogen) atoms. The van der Waals surface area contributed by atoms with Gasteiger partial charge in [-0.2, -0.15) is 0 Å². The zero-order valence-electron chi connectivity index (χ0n) is 14.4. The van der Waals surface area contributed by atoms with Gasteiger partial charge in [-0.05, 0) is 54.8 Å². The van der Waals surface area contributed by atoms with Crippen LogP contribution in [0.15, 0.2) is 48.8 Å². The lowest BCUT2D eigenvalue weighted by Crippen LogP contribution is -2.22. The number of nitrogens with one attached hydrogen (secondary N) is 1. The minimum Gasteiger partial charge on any atom is -0.491 e. The van der Waals surface area contributed by atoms with E-state index in [9.17, 15) is 0 Å². The van der Waals surface area contributed by atoms with Gasteiger partial charge in [0.2, 0.25) is 0 Å². The Morgan fingerprint density at radius 3 is 2.88 bits per heavy atom. The van der Waals surface area contributed by atoms with Crippen molar-refractivity contribution in [1.29, 1.82) is 0 Å². The second-order valence-corrected chi connectivity index (χ2v) is 6.37. The molecule has 1 aliphatic heterocycles. The molecule has 1 aliphatic rings. The van der Waals surface area contributed by atoms with Crippen LogP contribution in [0.25, 0.3) is 11.0 Å². The quantitative estimate of drug-likeness (QED) is 0.693. The van der Waals surface area contributed by atoms with Crippen molar-refractivity contribution in [3.8, 4) is 5.75 Å². The molecular weight excluding hydrogens is 314 g/mol. The highest BCUT2D eigenvalue weighted by Gasteiger charge is 2.26. The van der Waals surface area contributed by atoms with Crippen LogP contribution in [0.1, 0.15) is 24.4 Å². The van der Waals surface area contributed by atoms with E-state index in [-0.39, 0.29) is 0 Å². The van der Waals surface area contributed by atoms with Gasteiger partial charge in [0, 0.05) is 19.3 Å². The van der Waals surface area contributed by atoms with Gasteiger partial charge in [0.25, 0.3) is 0 Å². The molecule has 1 N–H and O–H groups in total. The van der Waals surface area contributed by atoms with Crippen molar-refractivity contribution in [3.05, 3.63) is 54.4 Å². The summed E-state index contributed by atoms with van der Waals surface area (Å²) in [5, 5.41) is 0. The summed E-state index contributed by atoms with van der Waals surface area (Å²) in [7, 11) is 1.68. The number of hydrogen-bond acceptors (Lipinski definition) is 4. The number of fused-ring (bicyclic) bond motifs is 1. The first-order valence-electron chi connectivity index (χ1n) is 8.76. The van der Waals surface area contributed by atoms with Gasteiger partial charge in [0.05, 0.1) is 30.0 Å². The van der Waals surface area contributed by atoms with Crippen LogP contribution in [0.2, 0.25) is 0 Å². The van der Waals surface area contributed by atoms with Crippen molar-refractivity contribution >= 4 is 16.7 Å². The predicted molar refractivity (Wildman–Crippen MR) is 99.2 cm³/mol. The summed E-state index contributed by atoms with van der Waals surface area (Å²) in [5.74, 6) is 0.885. The van der Waals surface area contributed by atoms with E-state index in [4.69, 9.17) is 9.47 Å². The molecule has 0 bridgehead atoms. The Kier molecular flexibility index (Phi) is 4.57. The minimum absolute atomic E-state index is 0.410. The molecule has 5 heteroatoms. The van der Waals surface area contributed by atoms with Crippen molar-refractivity contribution in [2.24, 2.45) is 0 Å². The molecule has 0 amide bonds. The standard InChI is InChI=1S/C20H23N3O2/c1-24-11-12-25-17-7-5-16(6-8-17)23-10-2-3-20(23)15-4-9-18-19(13-15)22-14-21-18/h4-9,13-14,20H,2-3,10-12H2,1H3,(H,21,22). The number of H-pyrrole nitrogens is 1. The highest BCUT2D eigenvalue weighted by molar-refractivity contribution is 5.75. The van der Waals surface area contributed by atoms with Gasteiger partial charge in [-0.3, -0.25) is 0 Å². The lowest BCUT2D eigenvalue weighted by molar-refractivity contribution is 0.146. The van der Waals surface area contributed by atoms with Crippen LogP contribution < -0.4 is 9.64 Å². The van der Waals surface area contributed by atoms with E-state index in [2.05, 4.69) is 45.2 Å². The summed E-state index contributed by atoms with van der Waals surface area (Å²) < 4.78 is 10.7. The number of hydrogen-bond donors (Lipinski definition) is 1. The maximum absolute atomic E-state index is 5.66. The fraction of sp³-hybridized carbons (Fsp3) is 0.350. The first-order valence-corrected chi connectivity index (χ1v) is 8.76. The maximum Gasteiger partial charge on any atom is 0.119 e. The number of imidazole rings is 1. The Labute approximate surface area is 147 Å². The molecule has 0 aliphatic carbocycles. The van der Waals surface area contributed by atoms with Gasteiger partial charge in [-0.15, -0.1) is 0 Å². The molecule has 5 nitrogen and oxygen atoms in total. The van der Waals surface area contributed by atoms with Crippen molar-refractivity contribution < 1.29 is 9.47 Å². The van der Waals surface area contributed by atoms with E-state index in [0.29, 0.717) is 19.3 Å². The zero-order chi connectivity index (χ0) is 17.1. The average Bonchev–Trinajstić information content (AvgIpc) is 3.31. The first-order chi connectivity index (χ1) is 12.3. The number of rotatable bonds is 6. The van der Waals surface area contributed by atoms with Crippen molar-refractivity contribution in [3.63, 3.8) is 0 Å². The third-order valence-electron chi connectivity index (χ3n) is 4.81. The SMILES string of the molecule is COCCOc1ccc(N2CCCC2c2ccc3nc[nH]c3c2)cc1. The Hall–Kier alpha value is -2.53. The van der Waals surface area contributed by atoms with Crippen LogP contribution in [-0.2, 0) is 4.74 Å². The molecule has 2 aromatic carbocycles. The van der Waals surface area contributed by atoms with E-state index in [1.165, 1.54) is 24.1 Å². The zero-order valence-corrected chi connectivity index (χ0v) is 14.4. The van der Waals surface area contributed by atoms with E-state index in [1.807, 2.05) is 12.1 Å². The molecule has 1 aromatic heterocycles. The second kappa shape index (κ2) is 7.15. The molecule has 1 saturated heterocycles. The van der Waals surface area contributed by atoms with Gasteiger partial charge in [0.1, 0.15) is 12.4 Å². The van der Waals surface area contributed by atoms with E-state index in [1.54, 1.807) is 13.4 Å². The van der Waals surface area contributed by atoms with E-state index < -0.39 is 0 Å². The number of benzene rings is 2. The van der Waals surface area contributed by atoms with Crippen molar-refractivity contribution in [2.45, 2.75) is 18.9 Å². The second-order valence-electron chi connectivity index (χ2n) is 6.37. The summed E-state index contributed by atoms with van der Waals surface area (Å²) in [6, 6.07) is 15.3. The summed E-state index contributed by atoms with van der Waals surface area (Å²) in [5.41, 5.74) is 4.71. The van der Waals surface area contributed by atoms with Crippen molar-refractivity contribution in [1.82, 2.24) is 9.97 Å². The topological polar surface area (TPSA) is 50.4 Å². The van der Waals surface area contributed by atoms with E-state index in [0.717, 1.165) is 23.3 Å². The number of aromatic amines is 1. The highest BCUT2D eigenvalue weighted by atomic mass is 16.5. The molecule has 0 radical (unpaired) electrons. The average molecular weight is 337 g/mol. The molecule has 0 saturated carbocycles. The fourth-order valence-electron chi connectivity index (χ4n) is 3.56. The number of nitrogens with zero attached hydrogens (tertiary/aromatic N) is 2. The molecule has 2 heterocycles. The third-order valence-corrected chi connectivity index (χ3v) is 4.81. The Bertz CT molecular complexity index is 828. The predicted octanol–water partition coefficient (Wildman–Crippen LogP) is 3.93. The third kappa shape index (κ3) is 3.33. The van der Waals surface area contributed by atoms with Crippen LogP contribution >= 0.6 is 0 Å². The lowest BCUT2D eigenvalue weighted by atomic mass is 10.0. The number of anilines is 1. The minimum atomic E-state index is 0.410. The van der Waals surface area contributed by atoms with E-state index >= 15 is 0 Å². The normalized spacial score (nSPS) is 17.3. The van der Waals surface area contributed by atoms with Crippen LogP contribution in [-0.4, -0.2) is 36.8 Å². The molecule has 1 unspecified atom stereocenters. The molecule has 3 aromatic rings. The first kappa shape index (κ1) is 16.0. The molecule has 1 atom stereocenters. The number of aromatic nitrogens is 2. The smallest absolute Gasteiger partial charge is 0.119 e. The van der Waals surface area contributed by atoms with Crippen LogP contribution in [0.4, 0.5) is 5.69 Å². The molecule has 130 valence electrons. The van der Waals surface area contributed by atoms with Gasteiger partial charge in [-0.1, -0.05) is 6.07 Å². The molecule has 0 spiro atoms. The van der Waals surface area contributed by atoms with Gasteiger partial charge in [0.15, 0.2) is 0 Å².